The minimum Gasteiger partial charge on any atom is -0.461 e. The van der Waals surface area contributed by atoms with Gasteiger partial charge in [0.2, 0.25) is 5.91 Å². The zero-order valence-corrected chi connectivity index (χ0v) is 17.4. The second-order valence-electron chi connectivity index (χ2n) is 7.36. The highest BCUT2D eigenvalue weighted by Gasteiger charge is 2.18. The molecule has 2 aromatic carbocycles. The van der Waals surface area contributed by atoms with E-state index in [1.54, 1.807) is 53.3 Å². The van der Waals surface area contributed by atoms with E-state index in [2.05, 4.69) is 10.1 Å². The first kappa shape index (κ1) is 20.5. The summed E-state index contributed by atoms with van der Waals surface area (Å²) in [6, 6.07) is 17.8. The van der Waals surface area contributed by atoms with Gasteiger partial charge in [-0.3, -0.25) is 4.79 Å². The van der Waals surface area contributed by atoms with Crippen LogP contribution in [-0.2, 0) is 11.2 Å². The molecule has 0 radical (unpaired) electrons. The number of carbonyl (C=O) groups excluding carboxylic acids is 1. The van der Waals surface area contributed by atoms with Crippen LogP contribution in [0.1, 0.15) is 30.7 Å². The SMILES string of the molecule is CC(c1ccc(-n2cncn2)cc1)N(C)C(=O)CCc1ccc(-c2ccccc2F)o1. The summed E-state index contributed by atoms with van der Waals surface area (Å²) in [4.78, 5) is 18.4. The molecule has 0 N–H and O–H groups in total. The van der Waals surface area contributed by atoms with Crippen LogP contribution in [0.3, 0.4) is 0 Å². The molecular weight excluding hydrogens is 395 g/mol. The van der Waals surface area contributed by atoms with Crippen LogP contribution in [-0.4, -0.2) is 32.6 Å². The van der Waals surface area contributed by atoms with Crippen LogP contribution in [0.15, 0.2) is 77.7 Å². The number of halogens is 1. The number of nitrogens with zero attached hydrogens (tertiary/aromatic N) is 4. The molecule has 0 aliphatic carbocycles. The predicted molar refractivity (Wildman–Crippen MR) is 115 cm³/mol. The molecule has 4 rings (SSSR count). The van der Waals surface area contributed by atoms with Gasteiger partial charge in [0, 0.05) is 19.9 Å². The smallest absolute Gasteiger partial charge is 0.223 e. The van der Waals surface area contributed by atoms with Gasteiger partial charge in [-0.05, 0) is 48.9 Å². The van der Waals surface area contributed by atoms with E-state index in [-0.39, 0.29) is 17.8 Å². The van der Waals surface area contributed by atoms with E-state index in [1.807, 2.05) is 31.2 Å². The molecule has 31 heavy (non-hydrogen) atoms. The highest BCUT2D eigenvalue weighted by molar-refractivity contribution is 5.76. The van der Waals surface area contributed by atoms with Gasteiger partial charge in [-0.1, -0.05) is 24.3 Å². The normalized spacial score (nSPS) is 12.0. The van der Waals surface area contributed by atoms with E-state index in [0.717, 1.165) is 11.3 Å². The quantitative estimate of drug-likeness (QED) is 0.432. The maximum atomic E-state index is 13.9. The van der Waals surface area contributed by atoms with Crippen molar-refractivity contribution >= 4 is 5.91 Å². The molecule has 0 aliphatic rings. The lowest BCUT2D eigenvalue weighted by Crippen LogP contribution is -2.29. The first-order valence-corrected chi connectivity index (χ1v) is 10.1. The third-order valence-corrected chi connectivity index (χ3v) is 5.42. The Kier molecular flexibility index (Phi) is 5.93. The minimum absolute atomic E-state index is 0.0108. The molecule has 7 heteroatoms. The summed E-state index contributed by atoms with van der Waals surface area (Å²) in [6.07, 6.45) is 3.89. The van der Waals surface area contributed by atoms with E-state index in [1.165, 1.54) is 12.4 Å². The van der Waals surface area contributed by atoms with Crippen molar-refractivity contribution in [2.45, 2.75) is 25.8 Å². The molecule has 1 atom stereocenters. The molecule has 0 spiro atoms. The number of carbonyl (C=O) groups is 1. The molecule has 2 aromatic heterocycles. The molecule has 2 heterocycles. The monoisotopic (exact) mass is 418 g/mol. The zero-order chi connectivity index (χ0) is 21.8. The number of benzene rings is 2. The number of hydrogen-bond acceptors (Lipinski definition) is 4. The lowest BCUT2D eigenvalue weighted by Gasteiger charge is -2.25. The summed E-state index contributed by atoms with van der Waals surface area (Å²) in [5, 5.41) is 4.11. The van der Waals surface area contributed by atoms with Gasteiger partial charge >= 0.3 is 0 Å². The first-order chi connectivity index (χ1) is 15.0. The fourth-order valence-electron chi connectivity index (χ4n) is 3.41. The van der Waals surface area contributed by atoms with Crippen molar-refractivity contribution in [1.29, 1.82) is 0 Å². The third kappa shape index (κ3) is 4.55. The Labute approximate surface area is 180 Å². The van der Waals surface area contributed by atoms with Crippen LogP contribution in [0.25, 0.3) is 17.0 Å². The van der Waals surface area contributed by atoms with Crippen molar-refractivity contribution in [3.05, 3.63) is 90.5 Å². The maximum Gasteiger partial charge on any atom is 0.223 e. The molecule has 0 fully saturated rings. The summed E-state index contributed by atoms with van der Waals surface area (Å²) in [6.45, 7) is 1.99. The fourth-order valence-corrected chi connectivity index (χ4v) is 3.41. The van der Waals surface area contributed by atoms with Crippen molar-refractivity contribution in [3.63, 3.8) is 0 Å². The van der Waals surface area contributed by atoms with E-state index in [9.17, 15) is 9.18 Å². The molecule has 0 saturated carbocycles. The average molecular weight is 418 g/mol. The van der Waals surface area contributed by atoms with Crippen LogP contribution in [0.5, 0.6) is 0 Å². The molecule has 0 saturated heterocycles. The van der Waals surface area contributed by atoms with E-state index in [0.29, 0.717) is 29.9 Å². The van der Waals surface area contributed by atoms with Gasteiger partial charge in [0.15, 0.2) is 0 Å². The van der Waals surface area contributed by atoms with Crippen molar-refractivity contribution in [1.82, 2.24) is 19.7 Å². The van der Waals surface area contributed by atoms with Crippen LogP contribution in [0, 0.1) is 5.82 Å². The van der Waals surface area contributed by atoms with Crippen LogP contribution in [0.2, 0.25) is 0 Å². The average Bonchev–Trinajstić information content (AvgIpc) is 3.49. The summed E-state index contributed by atoms with van der Waals surface area (Å²) in [5.41, 5.74) is 2.35. The third-order valence-electron chi connectivity index (χ3n) is 5.42. The number of aryl methyl sites for hydroxylation is 1. The first-order valence-electron chi connectivity index (χ1n) is 10.1. The number of amides is 1. The van der Waals surface area contributed by atoms with E-state index < -0.39 is 0 Å². The lowest BCUT2D eigenvalue weighted by molar-refractivity contribution is -0.131. The van der Waals surface area contributed by atoms with E-state index in [4.69, 9.17) is 4.42 Å². The summed E-state index contributed by atoms with van der Waals surface area (Å²) in [5.74, 6) is 0.805. The van der Waals surface area contributed by atoms with Gasteiger partial charge < -0.3 is 9.32 Å². The van der Waals surface area contributed by atoms with Crippen LogP contribution >= 0.6 is 0 Å². The lowest BCUT2D eigenvalue weighted by atomic mass is 10.1. The molecule has 6 nitrogen and oxygen atoms in total. The Morgan fingerprint density at radius 3 is 2.61 bits per heavy atom. The molecule has 158 valence electrons. The molecule has 0 aliphatic heterocycles. The summed E-state index contributed by atoms with van der Waals surface area (Å²) >= 11 is 0. The molecule has 0 bridgehead atoms. The topological polar surface area (TPSA) is 64.2 Å². The van der Waals surface area contributed by atoms with Gasteiger partial charge in [-0.15, -0.1) is 0 Å². The summed E-state index contributed by atoms with van der Waals surface area (Å²) in [7, 11) is 1.80. The molecule has 1 unspecified atom stereocenters. The zero-order valence-electron chi connectivity index (χ0n) is 17.4. The van der Waals surface area contributed by atoms with E-state index >= 15 is 0 Å². The van der Waals surface area contributed by atoms with Crippen LogP contribution in [0.4, 0.5) is 4.39 Å². The second-order valence-corrected chi connectivity index (χ2v) is 7.36. The maximum absolute atomic E-state index is 13.9. The standard InChI is InChI=1S/C24H23FN4O2/c1-17(18-7-9-19(10-8-18)29-16-26-15-27-29)28(2)24(30)14-12-20-11-13-23(31-20)21-5-3-4-6-22(21)25/h3-11,13,15-17H,12,14H2,1-2H3. The van der Waals surface area contributed by atoms with Gasteiger partial charge in [-0.2, -0.15) is 5.10 Å². The van der Waals surface area contributed by atoms with Gasteiger partial charge in [0.05, 0.1) is 17.3 Å². The number of aromatic nitrogens is 3. The van der Waals surface area contributed by atoms with Crippen molar-refractivity contribution < 1.29 is 13.6 Å². The van der Waals surface area contributed by atoms with Crippen molar-refractivity contribution in [2.75, 3.05) is 7.05 Å². The Hall–Kier alpha value is -3.74. The van der Waals surface area contributed by atoms with Crippen molar-refractivity contribution in [3.8, 4) is 17.0 Å². The predicted octanol–water partition coefficient (Wildman–Crippen LogP) is 4.82. The minimum atomic E-state index is -0.331. The molecular formula is C24H23FN4O2. The Morgan fingerprint density at radius 1 is 1.13 bits per heavy atom. The number of rotatable bonds is 7. The van der Waals surface area contributed by atoms with Crippen molar-refractivity contribution in [2.24, 2.45) is 0 Å². The Bertz CT molecular complexity index is 1150. The molecule has 4 aromatic rings. The molecule has 1 amide bonds. The number of hydrogen-bond donors (Lipinski definition) is 0. The van der Waals surface area contributed by atoms with Gasteiger partial charge in [0.1, 0.15) is 30.0 Å². The van der Waals surface area contributed by atoms with Gasteiger partial charge in [-0.25, -0.2) is 14.1 Å². The largest absolute Gasteiger partial charge is 0.461 e. The number of furan rings is 1. The highest BCUT2D eigenvalue weighted by atomic mass is 19.1. The van der Waals surface area contributed by atoms with Crippen LogP contribution < -0.4 is 0 Å². The fraction of sp³-hybridized carbons (Fsp3) is 0.208. The second kappa shape index (κ2) is 8.95. The Balaban J connectivity index is 1.36. The van der Waals surface area contributed by atoms with Gasteiger partial charge in [0.25, 0.3) is 0 Å². The Morgan fingerprint density at radius 2 is 1.90 bits per heavy atom. The summed E-state index contributed by atoms with van der Waals surface area (Å²) < 4.78 is 21.4. The highest BCUT2D eigenvalue weighted by Crippen LogP contribution is 2.26.